The SMILES string of the molecule is COc1ccc(-c2c3nc(cc4ccc([nH]4)c(-c4ccc(NC(C)=O)cc4)c4nc(cc5ccc2[nH]5)C=C4)C=C3)cc1. The van der Waals surface area contributed by atoms with Gasteiger partial charge < -0.3 is 20.0 Å². The van der Waals surface area contributed by atoms with Crippen molar-refractivity contribution in [3.8, 4) is 28.0 Å². The van der Waals surface area contributed by atoms with Gasteiger partial charge in [-0.2, -0.15) is 0 Å². The highest BCUT2D eigenvalue weighted by molar-refractivity contribution is 5.94. The highest BCUT2D eigenvalue weighted by atomic mass is 16.5. The lowest BCUT2D eigenvalue weighted by Gasteiger charge is -2.06. The molecule has 0 radical (unpaired) electrons. The summed E-state index contributed by atoms with van der Waals surface area (Å²) < 4.78 is 5.38. The van der Waals surface area contributed by atoms with Crippen molar-refractivity contribution in [2.45, 2.75) is 6.92 Å². The molecule has 2 aliphatic heterocycles. The maximum atomic E-state index is 11.5. The van der Waals surface area contributed by atoms with Crippen LogP contribution in [0.25, 0.3) is 68.6 Å². The van der Waals surface area contributed by atoms with Crippen LogP contribution in [-0.4, -0.2) is 33.0 Å². The van der Waals surface area contributed by atoms with Crippen molar-refractivity contribution >= 4 is 58.0 Å². The Morgan fingerprint density at radius 2 is 1.17 bits per heavy atom. The third kappa shape index (κ3) is 4.88. The second kappa shape index (κ2) is 10.4. The summed E-state index contributed by atoms with van der Waals surface area (Å²) in [6, 6.07) is 28.2. The summed E-state index contributed by atoms with van der Waals surface area (Å²) in [4.78, 5) is 28.7. The van der Waals surface area contributed by atoms with Crippen molar-refractivity contribution in [3.63, 3.8) is 0 Å². The normalized spacial score (nSPS) is 12.0. The average molecular weight is 550 g/mol. The Morgan fingerprint density at radius 3 is 1.64 bits per heavy atom. The minimum Gasteiger partial charge on any atom is -0.497 e. The first kappa shape index (κ1) is 25.3. The predicted octanol–water partition coefficient (Wildman–Crippen LogP) is 7.96. The molecule has 0 spiro atoms. The third-order valence-corrected chi connectivity index (χ3v) is 7.27. The van der Waals surface area contributed by atoms with E-state index in [-0.39, 0.29) is 5.91 Å². The molecular formula is C35H27N5O2. The van der Waals surface area contributed by atoms with E-state index in [1.54, 1.807) is 7.11 Å². The first-order chi connectivity index (χ1) is 20.5. The van der Waals surface area contributed by atoms with Crippen molar-refractivity contribution < 1.29 is 9.53 Å². The molecule has 0 unspecified atom stereocenters. The van der Waals surface area contributed by atoms with Crippen LogP contribution in [0.1, 0.15) is 29.7 Å². The van der Waals surface area contributed by atoms with Crippen LogP contribution >= 0.6 is 0 Å². The molecule has 7 nitrogen and oxygen atoms in total. The number of benzene rings is 2. The van der Waals surface area contributed by atoms with Crippen molar-refractivity contribution in [1.82, 2.24) is 19.9 Å². The van der Waals surface area contributed by atoms with Gasteiger partial charge in [0.1, 0.15) is 5.75 Å². The minimum absolute atomic E-state index is 0.104. The lowest BCUT2D eigenvalue weighted by Crippen LogP contribution is -2.05. The number of carbonyl (C=O) groups excluding carboxylic acids is 1. The molecule has 0 fully saturated rings. The number of nitrogens with one attached hydrogen (secondary N) is 3. The minimum atomic E-state index is -0.104. The zero-order valence-corrected chi connectivity index (χ0v) is 23.1. The van der Waals surface area contributed by atoms with E-state index in [9.17, 15) is 4.79 Å². The van der Waals surface area contributed by atoms with Crippen LogP contribution in [0.15, 0.2) is 84.9 Å². The Kier molecular flexibility index (Phi) is 6.24. The summed E-state index contributed by atoms with van der Waals surface area (Å²) in [7, 11) is 1.67. The van der Waals surface area contributed by atoms with Crippen molar-refractivity contribution in [3.05, 3.63) is 108 Å². The first-order valence-corrected chi connectivity index (χ1v) is 13.7. The number of hydrogen-bond acceptors (Lipinski definition) is 4. The maximum absolute atomic E-state index is 11.5. The maximum Gasteiger partial charge on any atom is 0.221 e. The molecule has 2 aromatic carbocycles. The molecule has 5 aromatic rings. The van der Waals surface area contributed by atoms with Gasteiger partial charge in [-0.3, -0.25) is 4.79 Å². The molecule has 3 N–H and O–H groups in total. The van der Waals surface area contributed by atoms with E-state index >= 15 is 0 Å². The summed E-state index contributed by atoms with van der Waals surface area (Å²) in [5.74, 6) is 0.700. The number of nitrogens with zero attached hydrogens (tertiary/aromatic N) is 2. The number of amides is 1. The summed E-state index contributed by atoms with van der Waals surface area (Å²) in [6.45, 7) is 1.50. The molecule has 2 aliphatic rings. The van der Waals surface area contributed by atoms with Gasteiger partial charge in [0.25, 0.3) is 0 Å². The predicted molar refractivity (Wildman–Crippen MR) is 171 cm³/mol. The highest BCUT2D eigenvalue weighted by Crippen LogP contribution is 2.33. The van der Waals surface area contributed by atoms with Gasteiger partial charge in [0, 0.05) is 45.8 Å². The monoisotopic (exact) mass is 549 g/mol. The van der Waals surface area contributed by atoms with Crippen LogP contribution in [-0.2, 0) is 4.79 Å². The van der Waals surface area contributed by atoms with Gasteiger partial charge in [0.2, 0.25) is 5.91 Å². The van der Waals surface area contributed by atoms with Gasteiger partial charge in [0.05, 0.1) is 29.9 Å². The molecule has 0 atom stereocenters. The number of aromatic amines is 2. The second-order valence-electron chi connectivity index (χ2n) is 10.2. The zero-order valence-electron chi connectivity index (χ0n) is 23.1. The van der Waals surface area contributed by atoms with Crippen LogP contribution in [0, 0.1) is 0 Å². The fourth-order valence-electron chi connectivity index (χ4n) is 5.36. The number of anilines is 1. The lowest BCUT2D eigenvalue weighted by atomic mass is 10.0. The summed E-state index contributed by atoms with van der Waals surface area (Å²) in [6.07, 6.45) is 8.14. The molecule has 0 saturated carbocycles. The van der Waals surface area contributed by atoms with Crippen molar-refractivity contribution in [2.24, 2.45) is 0 Å². The topological polar surface area (TPSA) is 95.7 Å². The molecule has 3 aromatic heterocycles. The van der Waals surface area contributed by atoms with Crippen LogP contribution in [0.5, 0.6) is 5.75 Å². The molecule has 7 heteroatoms. The molecule has 7 rings (SSSR count). The molecule has 204 valence electrons. The van der Waals surface area contributed by atoms with E-state index < -0.39 is 0 Å². The number of ether oxygens (including phenoxy) is 1. The Labute approximate surface area is 242 Å². The quantitative estimate of drug-likeness (QED) is 0.208. The second-order valence-corrected chi connectivity index (χ2v) is 10.2. The van der Waals surface area contributed by atoms with Gasteiger partial charge in [-0.25, -0.2) is 9.97 Å². The summed E-state index contributed by atoms with van der Waals surface area (Å²) in [5.41, 5.74) is 11.9. The fraction of sp³-hybridized carbons (Fsp3) is 0.0571. The van der Waals surface area contributed by atoms with Crippen LogP contribution in [0.2, 0.25) is 0 Å². The van der Waals surface area contributed by atoms with E-state index in [1.807, 2.05) is 72.8 Å². The molecule has 42 heavy (non-hydrogen) atoms. The van der Waals surface area contributed by atoms with Gasteiger partial charge in [-0.05, 0) is 96.1 Å². The van der Waals surface area contributed by atoms with Crippen LogP contribution in [0.3, 0.4) is 0 Å². The summed E-state index contributed by atoms with van der Waals surface area (Å²) in [5, 5.41) is 2.84. The van der Waals surface area contributed by atoms with Crippen molar-refractivity contribution in [2.75, 3.05) is 12.4 Å². The van der Waals surface area contributed by atoms with Crippen LogP contribution in [0.4, 0.5) is 5.69 Å². The standard InChI is InChI=1S/C35H27N5O2/c1-21(41)36-24-7-3-22(4-8-24)34-30-15-9-25(37-30)19-27-11-17-32(39-27)35(23-5-13-29(42-2)14-6-23)33-18-12-28(40-33)20-26-10-16-31(34)38-26/h3-20,37,40H,1-2H3,(H,36,41). The number of carbonyl (C=O) groups is 1. The highest BCUT2D eigenvalue weighted by Gasteiger charge is 2.13. The number of fused-ring (bicyclic) bond motifs is 8. The van der Waals surface area contributed by atoms with E-state index in [4.69, 9.17) is 14.7 Å². The molecule has 1 amide bonds. The number of aromatic nitrogens is 4. The first-order valence-electron chi connectivity index (χ1n) is 13.7. The van der Waals surface area contributed by atoms with Crippen molar-refractivity contribution in [1.29, 1.82) is 0 Å². The Bertz CT molecular complexity index is 2060. The Morgan fingerprint density at radius 1 is 0.667 bits per heavy atom. The Hall–Kier alpha value is -5.69. The Balaban J connectivity index is 1.48. The fourth-order valence-corrected chi connectivity index (χ4v) is 5.36. The van der Waals surface area contributed by atoms with E-state index in [2.05, 4.69) is 51.7 Å². The molecule has 5 heterocycles. The van der Waals surface area contributed by atoms with E-state index in [0.717, 1.165) is 78.5 Å². The van der Waals surface area contributed by atoms with Gasteiger partial charge in [-0.15, -0.1) is 0 Å². The zero-order chi connectivity index (χ0) is 28.6. The molecule has 0 aliphatic carbocycles. The number of H-pyrrole nitrogens is 2. The van der Waals surface area contributed by atoms with Gasteiger partial charge in [0.15, 0.2) is 0 Å². The molecular weight excluding hydrogens is 522 g/mol. The molecule has 8 bridgehead atoms. The van der Waals surface area contributed by atoms with Gasteiger partial charge in [-0.1, -0.05) is 24.3 Å². The largest absolute Gasteiger partial charge is 0.497 e. The summed E-state index contributed by atoms with van der Waals surface area (Å²) >= 11 is 0. The number of methoxy groups -OCH3 is 1. The van der Waals surface area contributed by atoms with E-state index in [0.29, 0.717) is 0 Å². The van der Waals surface area contributed by atoms with Crippen LogP contribution < -0.4 is 10.1 Å². The average Bonchev–Trinajstić information content (AvgIpc) is 3.81. The molecule has 0 saturated heterocycles. The lowest BCUT2D eigenvalue weighted by molar-refractivity contribution is -0.114. The smallest absolute Gasteiger partial charge is 0.221 e. The third-order valence-electron chi connectivity index (χ3n) is 7.27. The number of hydrogen-bond donors (Lipinski definition) is 3. The van der Waals surface area contributed by atoms with Gasteiger partial charge >= 0.3 is 0 Å². The van der Waals surface area contributed by atoms with E-state index in [1.165, 1.54) is 6.92 Å². The number of rotatable bonds is 4.